The Labute approximate surface area is 145 Å². The van der Waals surface area contributed by atoms with Gasteiger partial charge < -0.3 is 4.74 Å². The van der Waals surface area contributed by atoms with Gasteiger partial charge in [0.15, 0.2) is 0 Å². The smallest absolute Gasteiger partial charge is 0.309 e. The highest BCUT2D eigenvalue weighted by Gasteiger charge is 2.69. The molecule has 5 aliphatic carbocycles. The number of Topliss-reactive ketones (excluding diaryl/α,β-unsaturated/α-hetero) is 1. The lowest BCUT2D eigenvalue weighted by molar-refractivity contribution is -0.212. The Hall–Kier alpha value is -0.860. The number of hydrogen-bond donors (Lipinski definition) is 0. The first-order valence-electron chi connectivity index (χ1n) is 9.87. The zero-order valence-corrected chi connectivity index (χ0v) is 15.7. The fraction of sp³-hybridized carbons (Fsp3) is 0.905. The van der Waals surface area contributed by atoms with Crippen LogP contribution < -0.4 is 0 Å². The summed E-state index contributed by atoms with van der Waals surface area (Å²) in [7, 11) is 1.52. The van der Waals surface area contributed by atoms with Crippen LogP contribution in [0.3, 0.4) is 0 Å². The Morgan fingerprint density at radius 2 is 1.79 bits per heavy atom. The van der Waals surface area contributed by atoms with Gasteiger partial charge in [0.25, 0.3) is 0 Å². The molecule has 0 radical (unpaired) electrons. The minimum absolute atomic E-state index is 0.0492. The summed E-state index contributed by atoms with van der Waals surface area (Å²) in [6.45, 7) is 7.22. The Morgan fingerprint density at radius 1 is 1.08 bits per heavy atom. The van der Waals surface area contributed by atoms with E-state index < -0.39 is 0 Å². The molecule has 5 fully saturated rings. The molecule has 6 atom stereocenters. The molecule has 5 saturated carbocycles. The number of methoxy groups -OCH3 is 1. The molecule has 0 aromatic rings. The molecule has 3 nitrogen and oxygen atoms in total. The number of carbonyl (C=O) groups excluding carboxylic acids is 2. The van der Waals surface area contributed by atoms with Gasteiger partial charge in [-0.15, -0.1) is 0 Å². The van der Waals surface area contributed by atoms with Gasteiger partial charge >= 0.3 is 5.97 Å². The van der Waals surface area contributed by atoms with E-state index in [4.69, 9.17) is 4.74 Å². The van der Waals surface area contributed by atoms with Gasteiger partial charge in [-0.2, -0.15) is 0 Å². The van der Waals surface area contributed by atoms with Crippen LogP contribution in [0.5, 0.6) is 0 Å². The predicted molar refractivity (Wildman–Crippen MR) is 92.2 cm³/mol. The van der Waals surface area contributed by atoms with Crippen molar-refractivity contribution in [1.82, 2.24) is 0 Å². The van der Waals surface area contributed by atoms with Crippen LogP contribution in [-0.4, -0.2) is 18.9 Å². The second-order valence-electron chi connectivity index (χ2n) is 10.0. The topological polar surface area (TPSA) is 43.4 Å². The highest BCUT2D eigenvalue weighted by molar-refractivity contribution is 5.90. The zero-order chi connectivity index (χ0) is 17.3. The fourth-order valence-corrected chi connectivity index (χ4v) is 7.96. The monoisotopic (exact) mass is 332 g/mol. The van der Waals surface area contributed by atoms with Crippen LogP contribution in [0.4, 0.5) is 0 Å². The molecule has 0 amide bonds. The number of hydrogen-bond acceptors (Lipinski definition) is 3. The van der Waals surface area contributed by atoms with Crippen LogP contribution in [0.2, 0.25) is 0 Å². The van der Waals surface area contributed by atoms with Crippen LogP contribution in [0.15, 0.2) is 0 Å². The SMILES string of the molecule is COC(=O)[C@H]1[C@@H]2CC[C@@]3(CC[C@H]4C(C)(C)CCC[C@@]4(C)[C@H]13)C(=O)C2. The molecular weight excluding hydrogens is 300 g/mol. The summed E-state index contributed by atoms with van der Waals surface area (Å²) in [6.07, 6.45) is 8.47. The van der Waals surface area contributed by atoms with Gasteiger partial charge in [-0.1, -0.05) is 27.2 Å². The van der Waals surface area contributed by atoms with E-state index in [2.05, 4.69) is 20.8 Å². The van der Waals surface area contributed by atoms with Crippen LogP contribution in [0.25, 0.3) is 0 Å². The molecule has 24 heavy (non-hydrogen) atoms. The van der Waals surface area contributed by atoms with Gasteiger partial charge in [0, 0.05) is 11.8 Å². The molecule has 2 bridgehead atoms. The van der Waals surface area contributed by atoms with E-state index in [0.717, 1.165) is 25.7 Å². The standard InChI is InChI=1S/C21H32O3/c1-19(2)8-5-9-20(3)14(19)7-11-21-10-6-13(12-15(21)22)16(17(20)21)18(23)24-4/h13-14,16-17H,5-12H2,1-4H3/t13-,14+,16+,17+,20-,21-/m1/s1. The maximum absolute atomic E-state index is 13.1. The summed E-state index contributed by atoms with van der Waals surface area (Å²) >= 11 is 0. The average Bonchev–Trinajstić information content (AvgIpc) is 2.53. The number of carbonyl (C=O) groups is 2. The van der Waals surface area contributed by atoms with Gasteiger partial charge in [0.2, 0.25) is 0 Å². The summed E-state index contributed by atoms with van der Waals surface area (Å²) in [4.78, 5) is 25.9. The first-order chi connectivity index (χ1) is 11.3. The van der Waals surface area contributed by atoms with E-state index in [9.17, 15) is 9.59 Å². The lowest BCUT2D eigenvalue weighted by Crippen LogP contribution is -2.66. The van der Waals surface area contributed by atoms with Gasteiger partial charge in [0.05, 0.1) is 13.0 Å². The largest absolute Gasteiger partial charge is 0.469 e. The Kier molecular flexibility index (Phi) is 3.51. The van der Waals surface area contributed by atoms with E-state index in [1.807, 2.05) is 0 Å². The van der Waals surface area contributed by atoms with Crippen molar-refractivity contribution >= 4 is 11.8 Å². The van der Waals surface area contributed by atoms with E-state index >= 15 is 0 Å². The minimum atomic E-state index is -0.230. The third-order valence-electron chi connectivity index (χ3n) is 8.77. The molecule has 5 aliphatic rings. The fourth-order valence-electron chi connectivity index (χ4n) is 7.96. The molecule has 0 unspecified atom stereocenters. The molecule has 134 valence electrons. The van der Waals surface area contributed by atoms with Crippen molar-refractivity contribution in [2.24, 2.45) is 39.9 Å². The first-order valence-corrected chi connectivity index (χ1v) is 9.87. The lowest BCUT2D eigenvalue weighted by Gasteiger charge is -2.68. The summed E-state index contributed by atoms with van der Waals surface area (Å²) in [5.41, 5.74) is 0.189. The van der Waals surface area contributed by atoms with Crippen molar-refractivity contribution in [3.63, 3.8) is 0 Å². The van der Waals surface area contributed by atoms with Crippen LogP contribution in [0.1, 0.15) is 72.1 Å². The highest BCUT2D eigenvalue weighted by atomic mass is 16.5. The van der Waals surface area contributed by atoms with Gasteiger partial charge in [-0.3, -0.25) is 9.59 Å². The van der Waals surface area contributed by atoms with Crippen LogP contribution in [-0.2, 0) is 14.3 Å². The Morgan fingerprint density at radius 3 is 2.46 bits per heavy atom. The van der Waals surface area contributed by atoms with Crippen molar-refractivity contribution in [2.75, 3.05) is 7.11 Å². The molecule has 0 N–H and O–H groups in total. The number of rotatable bonds is 1. The Bertz CT molecular complexity index is 580. The summed E-state index contributed by atoms with van der Waals surface area (Å²) < 4.78 is 5.25. The van der Waals surface area contributed by atoms with Gasteiger partial charge in [-0.25, -0.2) is 0 Å². The van der Waals surface area contributed by atoms with Gasteiger partial charge in [-0.05, 0) is 67.1 Å². The third-order valence-corrected chi connectivity index (χ3v) is 8.77. The molecular formula is C21H32O3. The maximum atomic E-state index is 13.1. The third kappa shape index (κ3) is 1.90. The second-order valence-corrected chi connectivity index (χ2v) is 10.0. The van der Waals surface area contributed by atoms with Crippen molar-refractivity contribution < 1.29 is 14.3 Å². The summed E-state index contributed by atoms with van der Waals surface area (Å²) in [6, 6.07) is 0. The van der Waals surface area contributed by atoms with Crippen LogP contribution in [0, 0.1) is 39.9 Å². The normalized spacial score (nSPS) is 49.2. The number of esters is 1. The molecule has 1 spiro atoms. The minimum Gasteiger partial charge on any atom is -0.469 e. The van der Waals surface area contributed by atoms with E-state index in [1.165, 1.54) is 26.4 Å². The number of fused-ring (bicyclic) bond motifs is 3. The second kappa shape index (κ2) is 5.08. The molecule has 0 heterocycles. The van der Waals surface area contributed by atoms with E-state index in [1.54, 1.807) is 0 Å². The first kappa shape index (κ1) is 16.6. The molecule has 0 aromatic carbocycles. The van der Waals surface area contributed by atoms with Crippen molar-refractivity contribution in [2.45, 2.75) is 72.1 Å². The number of ether oxygens (including phenoxy) is 1. The molecule has 5 rings (SSSR count). The predicted octanol–water partition coefficient (Wildman–Crippen LogP) is 4.39. The highest BCUT2D eigenvalue weighted by Crippen LogP contribution is 2.71. The summed E-state index contributed by atoms with van der Waals surface area (Å²) in [5.74, 6) is 1.41. The average molecular weight is 332 g/mol. The summed E-state index contributed by atoms with van der Waals surface area (Å²) in [5, 5.41) is 0. The van der Waals surface area contributed by atoms with Crippen LogP contribution >= 0.6 is 0 Å². The molecule has 0 aliphatic heterocycles. The van der Waals surface area contributed by atoms with Crippen molar-refractivity contribution in [1.29, 1.82) is 0 Å². The lowest BCUT2D eigenvalue weighted by atomic mass is 9.35. The number of ketones is 1. The van der Waals surface area contributed by atoms with E-state index in [0.29, 0.717) is 23.5 Å². The quantitative estimate of drug-likeness (QED) is 0.669. The molecule has 0 saturated heterocycles. The Balaban J connectivity index is 1.85. The zero-order valence-electron chi connectivity index (χ0n) is 15.7. The maximum Gasteiger partial charge on any atom is 0.309 e. The molecule has 3 heteroatoms. The van der Waals surface area contributed by atoms with E-state index in [-0.39, 0.29) is 34.6 Å². The molecule has 0 aromatic heterocycles. The van der Waals surface area contributed by atoms with Crippen molar-refractivity contribution in [3.8, 4) is 0 Å². The van der Waals surface area contributed by atoms with Gasteiger partial charge in [0.1, 0.15) is 5.78 Å². The van der Waals surface area contributed by atoms with Crippen molar-refractivity contribution in [3.05, 3.63) is 0 Å².